The number of nitrogens with zero attached hydrogens (tertiary/aromatic N) is 3. The first-order chi connectivity index (χ1) is 14.1. The zero-order valence-corrected chi connectivity index (χ0v) is 17.0. The monoisotopic (exact) mass is 397 g/mol. The normalized spacial score (nSPS) is 24.5. The van der Waals surface area contributed by atoms with Gasteiger partial charge >= 0.3 is 0 Å². The number of methoxy groups -OCH3 is 1. The highest BCUT2D eigenvalue weighted by Gasteiger charge is 2.52. The Morgan fingerprint density at radius 2 is 2.03 bits per heavy atom. The smallest absolute Gasteiger partial charge is 0.259 e. The maximum Gasteiger partial charge on any atom is 0.259 e. The molecule has 4 rings (SSSR count). The van der Waals surface area contributed by atoms with Crippen molar-refractivity contribution < 1.29 is 18.8 Å². The highest BCUT2D eigenvalue weighted by Crippen LogP contribution is 2.46. The Balaban J connectivity index is 1.71. The molecular formula is C22H27N3O4. The Kier molecular flexibility index (Phi) is 5.41. The first-order valence-electron chi connectivity index (χ1n) is 10.1. The molecule has 0 bridgehead atoms. The molecule has 0 spiro atoms. The molecule has 0 N–H and O–H groups in total. The van der Waals surface area contributed by atoms with Crippen molar-refractivity contribution in [1.29, 1.82) is 0 Å². The number of hydrogen-bond donors (Lipinski definition) is 0. The van der Waals surface area contributed by atoms with Crippen molar-refractivity contribution >= 4 is 11.8 Å². The predicted octanol–water partition coefficient (Wildman–Crippen LogP) is 2.40. The first-order valence-corrected chi connectivity index (χ1v) is 10.1. The van der Waals surface area contributed by atoms with Crippen molar-refractivity contribution in [2.75, 3.05) is 33.4 Å². The fourth-order valence-corrected chi connectivity index (χ4v) is 4.88. The van der Waals surface area contributed by atoms with Crippen LogP contribution < -0.4 is 0 Å². The van der Waals surface area contributed by atoms with E-state index in [1.165, 1.54) is 11.8 Å². The van der Waals surface area contributed by atoms with Crippen LogP contribution in [0.2, 0.25) is 0 Å². The number of benzene rings is 1. The van der Waals surface area contributed by atoms with E-state index in [-0.39, 0.29) is 23.3 Å². The molecule has 2 aliphatic heterocycles. The van der Waals surface area contributed by atoms with Crippen molar-refractivity contribution in [1.82, 2.24) is 15.0 Å². The number of ether oxygens (including phenoxy) is 1. The van der Waals surface area contributed by atoms with Gasteiger partial charge in [0, 0.05) is 38.6 Å². The SMILES string of the molecule is COCCN1CC[C@]2(c3ccccc3)CCN(C(=O)c3cnoc3C)[C@@H]2CC1=O. The highest BCUT2D eigenvalue weighted by molar-refractivity contribution is 5.95. The van der Waals surface area contributed by atoms with Gasteiger partial charge in [0.05, 0.1) is 18.8 Å². The van der Waals surface area contributed by atoms with Gasteiger partial charge in [0.1, 0.15) is 11.3 Å². The van der Waals surface area contributed by atoms with E-state index in [4.69, 9.17) is 9.26 Å². The predicted molar refractivity (Wildman–Crippen MR) is 106 cm³/mol. The van der Waals surface area contributed by atoms with Gasteiger partial charge in [-0.3, -0.25) is 9.59 Å². The zero-order valence-electron chi connectivity index (χ0n) is 17.0. The molecule has 7 nitrogen and oxygen atoms in total. The van der Waals surface area contributed by atoms with Crippen molar-refractivity contribution in [3.05, 3.63) is 53.4 Å². The molecule has 2 amide bonds. The number of aromatic nitrogens is 1. The third-order valence-electron chi connectivity index (χ3n) is 6.52. The van der Waals surface area contributed by atoms with Gasteiger partial charge in [-0.05, 0) is 25.3 Å². The molecule has 0 aliphatic carbocycles. The largest absolute Gasteiger partial charge is 0.383 e. The van der Waals surface area contributed by atoms with Crippen LogP contribution in [0, 0.1) is 6.92 Å². The Hall–Kier alpha value is -2.67. The van der Waals surface area contributed by atoms with E-state index in [2.05, 4.69) is 17.3 Å². The Bertz CT molecular complexity index is 881. The molecular weight excluding hydrogens is 370 g/mol. The van der Waals surface area contributed by atoms with Gasteiger partial charge in [-0.15, -0.1) is 0 Å². The lowest BCUT2D eigenvalue weighted by atomic mass is 9.71. The van der Waals surface area contributed by atoms with E-state index >= 15 is 0 Å². The topological polar surface area (TPSA) is 75.9 Å². The third kappa shape index (κ3) is 3.44. The summed E-state index contributed by atoms with van der Waals surface area (Å²) >= 11 is 0. The fraction of sp³-hybridized carbons (Fsp3) is 0.500. The number of likely N-dealkylation sites (tertiary alicyclic amines) is 2. The van der Waals surface area contributed by atoms with Gasteiger partial charge in [0.15, 0.2) is 0 Å². The minimum Gasteiger partial charge on any atom is -0.383 e. The van der Waals surface area contributed by atoms with E-state index in [9.17, 15) is 9.59 Å². The quantitative estimate of drug-likeness (QED) is 0.774. The van der Waals surface area contributed by atoms with Gasteiger partial charge < -0.3 is 19.1 Å². The molecule has 7 heteroatoms. The molecule has 3 heterocycles. The molecule has 29 heavy (non-hydrogen) atoms. The Morgan fingerprint density at radius 1 is 1.28 bits per heavy atom. The van der Waals surface area contributed by atoms with Gasteiger partial charge in [0.25, 0.3) is 5.91 Å². The minimum atomic E-state index is -0.237. The molecule has 2 fully saturated rings. The summed E-state index contributed by atoms with van der Waals surface area (Å²) in [5.41, 5.74) is 1.44. The number of carbonyl (C=O) groups excluding carboxylic acids is 2. The Labute approximate surface area is 170 Å². The van der Waals surface area contributed by atoms with Crippen LogP contribution in [-0.2, 0) is 14.9 Å². The number of fused-ring (bicyclic) bond motifs is 1. The van der Waals surface area contributed by atoms with E-state index in [0.717, 1.165) is 12.8 Å². The van der Waals surface area contributed by atoms with E-state index in [0.29, 0.717) is 44.0 Å². The second-order valence-electron chi connectivity index (χ2n) is 7.91. The lowest BCUT2D eigenvalue weighted by Gasteiger charge is -2.36. The summed E-state index contributed by atoms with van der Waals surface area (Å²) in [7, 11) is 1.64. The number of aryl methyl sites for hydroxylation is 1. The highest BCUT2D eigenvalue weighted by atomic mass is 16.5. The van der Waals surface area contributed by atoms with Crippen molar-refractivity contribution in [3.8, 4) is 0 Å². The van der Waals surface area contributed by atoms with Crippen molar-refractivity contribution in [2.45, 2.75) is 37.6 Å². The number of hydrogen-bond acceptors (Lipinski definition) is 5. The minimum absolute atomic E-state index is 0.0756. The maximum absolute atomic E-state index is 13.3. The average Bonchev–Trinajstić information content (AvgIpc) is 3.29. The van der Waals surface area contributed by atoms with E-state index in [1.54, 1.807) is 14.0 Å². The summed E-state index contributed by atoms with van der Waals surface area (Å²) in [5.74, 6) is 0.477. The van der Waals surface area contributed by atoms with Gasteiger partial charge in [-0.2, -0.15) is 0 Å². The summed E-state index contributed by atoms with van der Waals surface area (Å²) in [4.78, 5) is 30.1. The molecule has 1 aromatic carbocycles. The molecule has 2 saturated heterocycles. The summed E-state index contributed by atoms with van der Waals surface area (Å²) in [6, 6.07) is 10.1. The van der Waals surface area contributed by atoms with Gasteiger partial charge in [-0.1, -0.05) is 35.5 Å². The number of rotatable bonds is 5. The molecule has 0 unspecified atom stereocenters. The average molecular weight is 397 g/mol. The van der Waals surface area contributed by atoms with Crippen LogP contribution >= 0.6 is 0 Å². The molecule has 2 aromatic rings. The molecule has 154 valence electrons. The van der Waals surface area contributed by atoms with Crippen LogP contribution in [0.25, 0.3) is 0 Å². The Morgan fingerprint density at radius 3 is 2.72 bits per heavy atom. The third-order valence-corrected chi connectivity index (χ3v) is 6.52. The standard InChI is InChI=1S/C22H27N3O4/c1-16-18(15-23-29-16)21(27)25-11-9-22(17-6-4-3-5-7-17)8-10-24(12-13-28-2)20(26)14-19(22)25/h3-7,15,19H,8-14H2,1-2H3/t19-,22-/m1/s1. The van der Waals surface area contributed by atoms with E-state index in [1.807, 2.05) is 28.0 Å². The second kappa shape index (κ2) is 7.99. The lowest BCUT2D eigenvalue weighted by molar-refractivity contribution is -0.132. The number of carbonyl (C=O) groups is 2. The van der Waals surface area contributed by atoms with E-state index < -0.39 is 0 Å². The first kappa shape index (κ1) is 19.6. The molecule has 0 saturated carbocycles. The van der Waals surface area contributed by atoms with Crippen LogP contribution in [-0.4, -0.2) is 66.2 Å². The van der Waals surface area contributed by atoms with Gasteiger partial charge in [0.2, 0.25) is 5.91 Å². The maximum atomic E-state index is 13.3. The van der Waals surface area contributed by atoms with Crippen LogP contribution in [0.3, 0.4) is 0 Å². The summed E-state index contributed by atoms with van der Waals surface area (Å²) < 4.78 is 10.3. The van der Waals surface area contributed by atoms with Crippen molar-refractivity contribution in [2.24, 2.45) is 0 Å². The van der Waals surface area contributed by atoms with Crippen LogP contribution in [0.5, 0.6) is 0 Å². The lowest BCUT2D eigenvalue weighted by Crippen LogP contribution is -2.45. The van der Waals surface area contributed by atoms with Crippen LogP contribution in [0.4, 0.5) is 0 Å². The molecule has 0 radical (unpaired) electrons. The van der Waals surface area contributed by atoms with Crippen LogP contribution in [0.1, 0.15) is 40.9 Å². The molecule has 1 aromatic heterocycles. The summed E-state index contributed by atoms with van der Waals surface area (Å²) in [6.07, 6.45) is 3.45. The number of amides is 2. The molecule has 2 aliphatic rings. The van der Waals surface area contributed by atoms with Crippen LogP contribution in [0.15, 0.2) is 41.1 Å². The zero-order chi connectivity index (χ0) is 20.4. The fourth-order valence-electron chi connectivity index (χ4n) is 4.88. The van der Waals surface area contributed by atoms with Gasteiger partial charge in [-0.25, -0.2) is 0 Å². The second-order valence-corrected chi connectivity index (χ2v) is 7.91. The van der Waals surface area contributed by atoms with Crippen molar-refractivity contribution in [3.63, 3.8) is 0 Å². The summed E-state index contributed by atoms with van der Waals surface area (Å²) in [6.45, 7) is 4.12. The molecule has 2 atom stereocenters. The summed E-state index contributed by atoms with van der Waals surface area (Å²) in [5, 5.41) is 3.76.